The third kappa shape index (κ3) is 11.0. The number of fused-ring (bicyclic) bond motifs is 1. The number of nitrogens with zero attached hydrogens (tertiary/aromatic N) is 1. The van der Waals surface area contributed by atoms with E-state index in [0.29, 0.717) is 19.5 Å². The molecule has 2 aromatic rings. The third-order valence-corrected chi connectivity index (χ3v) is 8.78. The van der Waals surface area contributed by atoms with Crippen molar-refractivity contribution in [3.63, 3.8) is 0 Å². The number of hydrogen-bond donors (Lipinski definition) is 3. The van der Waals surface area contributed by atoms with Crippen molar-refractivity contribution < 1.29 is 33.0 Å². The van der Waals surface area contributed by atoms with Crippen LogP contribution in [0.2, 0.25) is 0 Å². The summed E-state index contributed by atoms with van der Waals surface area (Å²) in [4.78, 5) is 2.09. The lowest BCUT2D eigenvalue weighted by Gasteiger charge is -2.22. The maximum absolute atomic E-state index is 12.3. The number of aryl methyl sites for hydroxylation is 1. The summed E-state index contributed by atoms with van der Waals surface area (Å²) in [5, 5.41) is 29.5. The maximum Gasteiger partial charge on any atom is 0.393 e. The van der Waals surface area contributed by atoms with E-state index in [1.807, 2.05) is 30.3 Å². The summed E-state index contributed by atoms with van der Waals surface area (Å²) in [7, 11) is 0. The van der Waals surface area contributed by atoms with Gasteiger partial charge in [0.05, 0.1) is 13.0 Å². The van der Waals surface area contributed by atoms with Gasteiger partial charge in [-0.25, -0.2) is 0 Å². The van der Waals surface area contributed by atoms with E-state index < -0.39 is 23.8 Å². The average Bonchev–Trinajstić information content (AvgIpc) is 3.08. The normalized spacial score (nSPS) is 14.8. The highest BCUT2D eigenvalue weighted by Crippen LogP contribution is 2.40. The number of rotatable bonds is 16. The van der Waals surface area contributed by atoms with Crippen molar-refractivity contribution in [2.45, 2.75) is 70.4 Å². The Bertz CT molecular complexity index is 1090. The third-order valence-electron chi connectivity index (χ3n) is 7.37. The lowest BCUT2D eigenvalue weighted by Crippen LogP contribution is -2.30. The van der Waals surface area contributed by atoms with Gasteiger partial charge in [0.1, 0.15) is 23.0 Å². The van der Waals surface area contributed by atoms with Crippen molar-refractivity contribution in [1.29, 1.82) is 0 Å². The Morgan fingerprint density at radius 2 is 1.60 bits per heavy atom. The first-order valence-corrected chi connectivity index (χ1v) is 15.7. The smallest absolute Gasteiger partial charge is 0.393 e. The average molecular weight is 582 g/mol. The zero-order valence-electron chi connectivity index (χ0n) is 23.1. The van der Waals surface area contributed by atoms with E-state index in [0.717, 1.165) is 69.0 Å². The molecule has 0 aliphatic heterocycles. The summed E-state index contributed by atoms with van der Waals surface area (Å²) in [5.41, 5.74) is 5.90. The lowest BCUT2D eigenvalue weighted by molar-refractivity contribution is -0.129. The molecular formula is C31H42F3NO4S. The highest BCUT2D eigenvalue weighted by atomic mass is 32.2. The van der Waals surface area contributed by atoms with Gasteiger partial charge in [-0.05, 0) is 97.2 Å². The molecule has 0 saturated carbocycles. The second-order valence-corrected chi connectivity index (χ2v) is 12.2. The fraction of sp³-hybridized carbons (Fsp3) is 0.548. The summed E-state index contributed by atoms with van der Waals surface area (Å²) in [6, 6.07) is 13.0. The van der Waals surface area contributed by atoms with Gasteiger partial charge in [0, 0.05) is 19.5 Å². The van der Waals surface area contributed by atoms with Crippen LogP contribution in [0.4, 0.5) is 13.2 Å². The second-order valence-electron chi connectivity index (χ2n) is 10.5. The summed E-state index contributed by atoms with van der Waals surface area (Å²) < 4.78 is 48.8. The van der Waals surface area contributed by atoms with Crippen LogP contribution in [0.25, 0.3) is 11.1 Å². The summed E-state index contributed by atoms with van der Waals surface area (Å²) in [6.07, 6.45) is 2.91. The molecule has 1 unspecified atom stereocenters. The van der Waals surface area contributed by atoms with Gasteiger partial charge in [0.2, 0.25) is 0 Å². The standard InChI is InChI=1S/C31H42F3NO4S/c32-31(33,34)15-21-40(39)20-7-17-35(18-19-36)16-4-2-1-3-11-30-28(24-8-5-10-26(37)22-24)12-6-9-25-23-27(38)13-14-29(25)30/h5,8,10,13-14,22-23,36-38H,1-4,6-7,9,11-12,15-21H2. The highest BCUT2D eigenvalue weighted by molar-refractivity contribution is 7.91. The predicted octanol–water partition coefficient (Wildman–Crippen LogP) is 6.68. The van der Waals surface area contributed by atoms with Crippen molar-refractivity contribution in [1.82, 2.24) is 4.90 Å². The first-order chi connectivity index (χ1) is 19.2. The first kappa shape index (κ1) is 32.3. The number of unbranched alkanes of at least 4 members (excludes halogenated alkanes) is 3. The minimum absolute atomic E-state index is 0.0120. The number of phenols is 2. The molecule has 0 spiro atoms. The fourth-order valence-electron chi connectivity index (χ4n) is 5.40. The van der Waals surface area contributed by atoms with Crippen LogP contribution >= 0.6 is 0 Å². The molecule has 0 radical (unpaired) electrons. The fourth-order valence-corrected chi connectivity index (χ4v) is 6.51. The van der Waals surface area contributed by atoms with E-state index >= 15 is 0 Å². The van der Waals surface area contributed by atoms with Crippen molar-refractivity contribution in [3.8, 4) is 11.5 Å². The van der Waals surface area contributed by atoms with E-state index in [-0.39, 0.29) is 29.6 Å². The summed E-state index contributed by atoms with van der Waals surface area (Å²) in [6.45, 7) is 1.91. The van der Waals surface area contributed by atoms with Crippen LogP contribution in [0.3, 0.4) is 0 Å². The van der Waals surface area contributed by atoms with E-state index in [1.165, 1.54) is 16.7 Å². The molecule has 40 heavy (non-hydrogen) atoms. The number of hydrogen-bond acceptors (Lipinski definition) is 5. The zero-order chi connectivity index (χ0) is 29.0. The van der Waals surface area contributed by atoms with Crippen molar-refractivity contribution in [3.05, 3.63) is 59.2 Å². The van der Waals surface area contributed by atoms with Crippen LogP contribution in [0.1, 0.15) is 74.5 Å². The van der Waals surface area contributed by atoms with Crippen LogP contribution in [0.5, 0.6) is 11.5 Å². The summed E-state index contributed by atoms with van der Waals surface area (Å²) in [5.74, 6) is 0.422. The molecule has 9 heteroatoms. The number of aliphatic hydroxyl groups is 1. The van der Waals surface area contributed by atoms with Crippen LogP contribution in [-0.4, -0.2) is 68.7 Å². The van der Waals surface area contributed by atoms with E-state index in [2.05, 4.69) is 4.90 Å². The zero-order valence-corrected chi connectivity index (χ0v) is 23.9. The monoisotopic (exact) mass is 581 g/mol. The van der Waals surface area contributed by atoms with Gasteiger partial charge in [0.25, 0.3) is 0 Å². The molecule has 0 aromatic heterocycles. The highest BCUT2D eigenvalue weighted by Gasteiger charge is 2.29. The van der Waals surface area contributed by atoms with Crippen LogP contribution in [0.15, 0.2) is 42.5 Å². The maximum atomic E-state index is 12.3. The number of aromatic hydroxyl groups is 2. The Morgan fingerprint density at radius 1 is 0.850 bits per heavy atom. The molecule has 222 valence electrons. The van der Waals surface area contributed by atoms with Crippen LogP contribution < -0.4 is 0 Å². The number of halogens is 3. The van der Waals surface area contributed by atoms with Gasteiger partial charge < -0.3 is 24.8 Å². The molecule has 1 atom stereocenters. The Hall–Kier alpha value is -2.20. The van der Waals surface area contributed by atoms with Crippen molar-refractivity contribution >= 4 is 22.3 Å². The predicted molar refractivity (Wildman–Crippen MR) is 156 cm³/mol. The number of benzene rings is 2. The van der Waals surface area contributed by atoms with Gasteiger partial charge in [-0.1, -0.05) is 42.2 Å². The van der Waals surface area contributed by atoms with E-state index in [9.17, 15) is 33.0 Å². The molecule has 0 bridgehead atoms. The molecule has 0 saturated heterocycles. The van der Waals surface area contributed by atoms with Crippen LogP contribution in [-0.2, 0) is 17.6 Å². The largest absolute Gasteiger partial charge is 0.616 e. The van der Waals surface area contributed by atoms with Crippen LogP contribution in [0, 0.1) is 0 Å². The molecule has 2 aromatic carbocycles. The van der Waals surface area contributed by atoms with Gasteiger partial charge in [-0.15, -0.1) is 0 Å². The first-order valence-electron chi connectivity index (χ1n) is 14.2. The van der Waals surface area contributed by atoms with Gasteiger partial charge in [-0.2, -0.15) is 13.2 Å². The molecule has 1 aliphatic carbocycles. The molecule has 5 nitrogen and oxygen atoms in total. The summed E-state index contributed by atoms with van der Waals surface area (Å²) >= 11 is -1.48. The molecule has 0 heterocycles. The van der Waals surface area contributed by atoms with Crippen molar-refractivity contribution in [2.24, 2.45) is 0 Å². The Kier molecular flexibility index (Phi) is 13.2. The molecular weight excluding hydrogens is 539 g/mol. The number of phenolic OH excluding ortho intramolecular Hbond substituents is 2. The van der Waals surface area contributed by atoms with Crippen molar-refractivity contribution in [2.75, 3.05) is 37.7 Å². The molecule has 0 amide bonds. The van der Waals surface area contributed by atoms with Gasteiger partial charge in [-0.3, -0.25) is 0 Å². The van der Waals surface area contributed by atoms with E-state index in [1.54, 1.807) is 12.1 Å². The SMILES string of the molecule is [O-][S+](CCCN(CCO)CCCCCCC1=C(c2cccc(O)c2)CCCc2cc(O)ccc21)CCC(F)(F)F. The molecule has 1 aliphatic rings. The minimum Gasteiger partial charge on any atom is -0.616 e. The molecule has 3 rings (SSSR count). The Labute approximate surface area is 238 Å². The minimum atomic E-state index is -4.27. The number of aliphatic hydroxyl groups excluding tert-OH is 1. The number of alkyl halides is 3. The van der Waals surface area contributed by atoms with E-state index in [4.69, 9.17) is 0 Å². The Balaban J connectivity index is 1.51. The second kappa shape index (κ2) is 16.3. The Morgan fingerprint density at radius 3 is 2.35 bits per heavy atom. The number of allylic oxidation sites excluding steroid dienone is 2. The topological polar surface area (TPSA) is 87.0 Å². The molecule has 0 fully saturated rings. The molecule has 3 N–H and O–H groups in total. The van der Waals surface area contributed by atoms with Gasteiger partial charge >= 0.3 is 6.18 Å². The quantitative estimate of drug-likeness (QED) is 0.152. The van der Waals surface area contributed by atoms with Gasteiger partial charge in [0.15, 0.2) is 0 Å². The lowest BCUT2D eigenvalue weighted by atomic mass is 9.89.